The maximum atomic E-state index is 12.5. The van der Waals surface area contributed by atoms with Crippen LogP contribution in [0.1, 0.15) is 38.5 Å². The van der Waals surface area contributed by atoms with Gasteiger partial charge in [0.05, 0.1) is 10.6 Å². The highest BCUT2D eigenvalue weighted by Crippen LogP contribution is 2.32. The number of nitrogens with one attached hydrogen (secondary N) is 2. The second-order valence-electron chi connectivity index (χ2n) is 5.76. The predicted octanol–water partition coefficient (Wildman–Crippen LogP) is 2.73. The molecule has 2 N–H and O–H groups in total. The van der Waals surface area contributed by atoms with Crippen LogP contribution in [0.4, 0.5) is 5.69 Å². The Hall–Kier alpha value is -1.05. The van der Waals surface area contributed by atoms with Gasteiger partial charge >= 0.3 is 0 Å². The number of hydrogen-bond acceptors (Lipinski definition) is 4. The van der Waals surface area contributed by atoms with Crippen molar-refractivity contribution in [3.05, 3.63) is 18.2 Å². The topological polar surface area (TPSA) is 75.3 Å². The maximum absolute atomic E-state index is 12.5. The molecule has 1 saturated carbocycles. The molecule has 0 atom stereocenters. The molecule has 0 spiro atoms. The molecule has 1 aromatic carbocycles. The highest BCUT2D eigenvalue weighted by molar-refractivity contribution is 7.99. The minimum Gasteiger partial charge on any atom is -0.325 e. The van der Waals surface area contributed by atoms with E-state index in [9.17, 15) is 13.2 Å². The van der Waals surface area contributed by atoms with E-state index in [1.807, 2.05) is 0 Å². The number of anilines is 1. The van der Waals surface area contributed by atoms with Crippen molar-refractivity contribution in [2.45, 2.75) is 54.4 Å². The number of thioether (sulfide) groups is 1. The Balaban J connectivity index is 1.83. The monoisotopic (exact) mass is 340 g/mol. The van der Waals surface area contributed by atoms with Crippen LogP contribution in [0.3, 0.4) is 0 Å². The average Bonchev–Trinajstić information content (AvgIpc) is 2.67. The fraction of sp³-hybridized carbons (Fsp3) is 0.533. The van der Waals surface area contributed by atoms with Gasteiger partial charge in [0.2, 0.25) is 15.9 Å². The summed E-state index contributed by atoms with van der Waals surface area (Å²) in [5.41, 5.74) is 0.596. The molecule has 0 aromatic heterocycles. The van der Waals surface area contributed by atoms with Crippen molar-refractivity contribution >= 4 is 33.4 Å². The van der Waals surface area contributed by atoms with E-state index in [-0.39, 0.29) is 16.8 Å². The SMILES string of the molecule is O=C1CCSc2ccc(S(=O)(=O)NC3CCCCC3)cc2N1. The number of sulfonamides is 1. The van der Waals surface area contributed by atoms with Crippen LogP contribution in [0.5, 0.6) is 0 Å². The first-order valence-corrected chi connectivity index (χ1v) is 10.1. The molecule has 0 radical (unpaired) electrons. The van der Waals surface area contributed by atoms with Gasteiger partial charge in [0.25, 0.3) is 0 Å². The van der Waals surface area contributed by atoms with E-state index in [1.165, 1.54) is 6.42 Å². The molecule has 5 nitrogen and oxygen atoms in total. The van der Waals surface area contributed by atoms with Crippen LogP contribution in [-0.4, -0.2) is 26.1 Å². The highest BCUT2D eigenvalue weighted by Gasteiger charge is 2.23. The first kappa shape index (κ1) is 15.8. The van der Waals surface area contributed by atoms with E-state index in [2.05, 4.69) is 10.0 Å². The quantitative estimate of drug-likeness (QED) is 0.887. The molecule has 3 rings (SSSR count). The van der Waals surface area contributed by atoms with Gasteiger partial charge in [0.1, 0.15) is 0 Å². The minimum atomic E-state index is -3.53. The summed E-state index contributed by atoms with van der Waals surface area (Å²) >= 11 is 1.57. The number of carbonyl (C=O) groups is 1. The summed E-state index contributed by atoms with van der Waals surface area (Å²) in [4.78, 5) is 12.8. The fourth-order valence-electron chi connectivity index (χ4n) is 2.87. The number of benzene rings is 1. The molecule has 120 valence electrons. The van der Waals surface area contributed by atoms with Crippen molar-refractivity contribution < 1.29 is 13.2 Å². The van der Waals surface area contributed by atoms with E-state index >= 15 is 0 Å². The molecule has 2 aliphatic rings. The summed E-state index contributed by atoms with van der Waals surface area (Å²) in [6, 6.07) is 4.99. The van der Waals surface area contributed by atoms with Crippen molar-refractivity contribution in [2.24, 2.45) is 0 Å². The van der Waals surface area contributed by atoms with Crippen molar-refractivity contribution in [2.75, 3.05) is 11.1 Å². The zero-order valence-electron chi connectivity index (χ0n) is 12.3. The molecular formula is C15H20N2O3S2. The normalized spacial score (nSPS) is 20.1. The number of carbonyl (C=O) groups excluding carboxylic acids is 1. The third-order valence-electron chi connectivity index (χ3n) is 4.05. The van der Waals surface area contributed by atoms with E-state index < -0.39 is 10.0 Å². The zero-order valence-corrected chi connectivity index (χ0v) is 13.9. The zero-order chi connectivity index (χ0) is 15.6. The predicted molar refractivity (Wildman–Crippen MR) is 87.6 cm³/mol. The number of amides is 1. The van der Waals surface area contributed by atoms with Crippen LogP contribution in [-0.2, 0) is 14.8 Å². The Labute approximate surface area is 135 Å². The van der Waals surface area contributed by atoms with Crippen molar-refractivity contribution in [3.8, 4) is 0 Å². The number of fused-ring (bicyclic) bond motifs is 1. The fourth-order valence-corrected chi connectivity index (χ4v) is 5.14. The Bertz CT molecular complexity index is 667. The smallest absolute Gasteiger partial charge is 0.240 e. The van der Waals surface area contributed by atoms with Gasteiger partial charge in [-0.15, -0.1) is 11.8 Å². The van der Waals surface area contributed by atoms with E-state index in [0.29, 0.717) is 17.9 Å². The average molecular weight is 340 g/mol. The van der Waals surface area contributed by atoms with Gasteiger partial charge in [0, 0.05) is 23.1 Å². The lowest BCUT2D eigenvalue weighted by Crippen LogP contribution is -2.36. The van der Waals surface area contributed by atoms with Crippen molar-refractivity contribution in [3.63, 3.8) is 0 Å². The van der Waals surface area contributed by atoms with Gasteiger partial charge in [-0.2, -0.15) is 0 Å². The van der Waals surface area contributed by atoms with E-state index in [4.69, 9.17) is 0 Å². The second-order valence-corrected chi connectivity index (χ2v) is 8.61. The van der Waals surface area contributed by atoms with E-state index in [1.54, 1.807) is 30.0 Å². The lowest BCUT2D eigenvalue weighted by Gasteiger charge is -2.22. The summed E-state index contributed by atoms with van der Waals surface area (Å²) in [5.74, 6) is 0.645. The van der Waals surface area contributed by atoms with Crippen LogP contribution < -0.4 is 10.0 Å². The lowest BCUT2D eigenvalue weighted by molar-refractivity contribution is -0.115. The van der Waals surface area contributed by atoms with Crippen molar-refractivity contribution in [1.82, 2.24) is 4.72 Å². The molecule has 22 heavy (non-hydrogen) atoms. The molecule has 1 heterocycles. The second kappa shape index (κ2) is 6.60. The van der Waals surface area contributed by atoms with Gasteiger partial charge in [-0.05, 0) is 31.0 Å². The molecule has 1 aliphatic heterocycles. The largest absolute Gasteiger partial charge is 0.325 e. The molecule has 1 aromatic rings. The molecule has 0 unspecified atom stereocenters. The van der Waals surface area contributed by atoms with Crippen LogP contribution in [0.25, 0.3) is 0 Å². The third-order valence-corrected chi connectivity index (χ3v) is 6.64. The minimum absolute atomic E-state index is 0.0292. The number of rotatable bonds is 3. The summed E-state index contributed by atoms with van der Waals surface area (Å²) in [6.07, 6.45) is 5.57. The van der Waals surface area contributed by atoms with Gasteiger partial charge in [0.15, 0.2) is 0 Å². The van der Waals surface area contributed by atoms with Gasteiger partial charge < -0.3 is 5.32 Å². The first-order valence-electron chi connectivity index (χ1n) is 7.64. The summed E-state index contributed by atoms with van der Waals surface area (Å²) < 4.78 is 27.8. The molecule has 1 aliphatic carbocycles. The summed E-state index contributed by atoms with van der Waals surface area (Å²) in [7, 11) is -3.53. The van der Waals surface area contributed by atoms with Crippen LogP contribution >= 0.6 is 11.8 Å². The standard InChI is InChI=1S/C15H20N2O3S2/c18-15-8-9-21-14-7-6-12(10-13(14)16-15)22(19,20)17-11-4-2-1-3-5-11/h6-7,10-11,17H,1-5,8-9H2,(H,16,18). The third kappa shape index (κ3) is 3.64. The van der Waals surface area contributed by atoms with Gasteiger partial charge in [-0.25, -0.2) is 13.1 Å². The molecule has 1 fully saturated rings. The molecular weight excluding hydrogens is 320 g/mol. The number of hydrogen-bond donors (Lipinski definition) is 2. The highest BCUT2D eigenvalue weighted by atomic mass is 32.2. The van der Waals surface area contributed by atoms with Crippen LogP contribution in [0.15, 0.2) is 28.0 Å². The summed E-state index contributed by atoms with van der Waals surface area (Å²) in [5, 5.41) is 2.79. The maximum Gasteiger partial charge on any atom is 0.240 e. The van der Waals surface area contributed by atoms with Gasteiger partial charge in [-0.3, -0.25) is 4.79 Å². The Kier molecular flexibility index (Phi) is 4.75. The Morgan fingerprint density at radius 3 is 2.73 bits per heavy atom. The van der Waals surface area contributed by atoms with E-state index in [0.717, 1.165) is 30.6 Å². The summed E-state index contributed by atoms with van der Waals surface area (Å²) in [6.45, 7) is 0. The lowest BCUT2D eigenvalue weighted by atomic mass is 9.96. The molecule has 0 saturated heterocycles. The van der Waals surface area contributed by atoms with Crippen molar-refractivity contribution in [1.29, 1.82) is 0 Å². The van der Waals surface area contributed by atoms with Gasteiger partial charge in [-0.1, -0.05) is 19.3 Å². The molecule has 0 bridgehead atoms. The Morgan fingerprint density at radius 2 is 1.95 bits per heavy atom. The van der Waals surface area contributed by atoms with Crippen LogP contribution in [0, 0.1) is 0 Å². The molecule has 7 heteroatoms. The van der Waals surface area contributed by atoms with Crippen LogP contribution in [0.2, 0.25) is 0 Å². The first-order chi connectivity index (χ1) is 10.5. The Morgan fingerprint density at radius 1 is 1.18 bits per heavy atom. The molecule has 1 amide bonds.